The van der Waals surface area contributed by atoms with Crippen LogP contribution in [-0.4, -0.2) is 48.3 Å². The Balaban J connectivity index is 1.37. The highest BCUT2D eigenvalue weighted by atomic mass is 32.2. The van der Waals surface area contributed by atoms with Crippen LogP contribution in [0.15, 0.2) is 53.4 Å². The third-order valence-corrected chi connectivity index (χ3v) is 8.29. The molecule has 0 bridgehead atoms. The number of hydrogen-bond donors (Lipinski definition) is 1. The molecule has 2 aromatic rings. The third-order valence-electron chi connectivity index (χ3n) is 6.82. The largest absolute Gasteiger partial charge is 0.497 e. The predicted molar refractivity (Wildman–Crippen MR) is 126 cm³/mol. The molecular weight excluding hydrogens is 422 g/mol. The van der Waals surface area contributed by atoms with E-state index in [9.17, 15) is 9.59 Å². The van der Waals surface area contributed by atoms with Crippen molar-refractivity contribution in [2.75, 3.05) is 31.6 Å². The molecule has 0 aromatic heterocycles. The van der Waals surface area contributed by atoms with E-state index in [1.165, 1.54) is 36.6 Å². The number of carbonyl (C=O) groups is 2. The summed E-state index contributed by atoms with van der Waals surface area (Å²) in [5.74, 6) is 0.787. The molecule has 2 atom stereocenters. The maximum absolute atomic E-state index is 13.6. The van der Waals surface area contributed by atoms with Gasteiger partial charge in [0.15, 0.2) is 4.87 Å². The van der Waals surface area contributed by atoms with Crippen molar-refractivity contribution in [3.8, 4) is 5.75 Å². The second-order valence-corrected chi connectivity index (χ2v) is 10.00. The second kappa shape index (κ2) is 8.79. The minimum Gasteiger partial charge on any atom is -0.497 e. The van der Waals surface area contributed by atoms with E-state index in [1.54, 1.807) is 12.0 Å². The van der Waals surface area contributed by atoms with Crippen molar-refractivity contribution in [3.05, 3.63) is 54.1 Å². The number of ether oxygens (including phenoxy) is 1. The van der Waals surface area contributed by atoms with Crippen LogP contribution in [0, 0.1) is 0 Å². The Morgan fingerprint density at radius 1 is 1.12 bits per heavy atom. The van der Waals surface area contributed by atoms with Crippen molar-refractivity contribution in [2.24, 2.45) is 0 Å². The van der Waals surface area contributed by atoms with Crippen molar-refractivity contribution in [2.45, 2.75) is 47.9 Å². The second-order valence-electron chi connectivity index (χ2n) is 8.68. The molecule has 5 rings (SSSR count). The Bertz CT molecular complexity index is 1010. The van der Waals surface area contributed by atoms with E-state index in [0.29, 0.717) is 19.4 Å². The summed E-state index contributed by atoms with van der Waals surface area (Å²) >= 11 is 1.52. The molecule has 7 heteroatoms. The molecule has 0 aliphatic carbocycles. The highest BCUT2D eigenvalue weighted by molar-refractivity contribution is 8.02. The highest BCUT2D eigenvalue weighted by Gasteiger charge is 2.57. The molecule has 2 amide bonds. The van der Waals surface area contributed by atoms with Crippen molar-refractivity contribution >= 4 is 29.3 Å². The zero-order valence-corrected chi connectivity index (χ0v) is 19.2. The van der Waals surface area contributed by atoms with Crippen LogP contribution >= 0.6 is 11.8 Å². The molecule has 3 aliphatic rings. The Hall–Kier alpha value is -2.51. The van der Waals surface area contributed by atoms with Crippen LogP contribution in [0.3, 0.4) is 0 Å². The van der Waals surface area contributed by atoms with Crippen molar-refractivity contribution < 1.29 is 14.3 Å². The number of methoxy groups -OCH3 is 1. The predicted octanol–water partition coefficient (Wildman–Crippen LogP) is 3.97. The lowest BCUT2D eigenvalue weighted by Gasteiger charge is -2.36. The number of para-hydroxylation sites is 1. The molecule has 3 aliphatic heterocycles. The van der Waals surface area contributed by atoms with Crippen LogP contribution in [-0.2, 0) is 9.59 Å². The number of hydrogen-bond acceptors (Lipinski definition) is 5. The first kappa shape index (κ1) is 21.3. The first-order chi connectivity index (χ1) is 15.6. The first-order valence-electron chi connectivity index (χ1n) is 11.4. The van der Waals surface area contributed by atoms with Gasteiger partial charge < -0.3 is 10.1 Å². The summed E-state index contributed by atoms with van der Waals surface area (Å²) in [7, 11) is 1.67. The maximum Gasteiger partial charge on any atom is 0.257 e. The Kier molecular flexibility index (Phi) is 5.86. The lowest BCUT2D eigenvalue weighted by atomic mass is 10.0. The standard InChI is InChI=1S/C25H29N3O3S/c1-31-19-11-9-18(10-12-19)21(27-15-5-2-6-16-27)17-26-24(30)25-14-13-23(29)28(25)20-7-3-4-8-22(20)32-25/h3-4,7-12,21H,2,5-6,13-17H2,1H3,(H,26,30)/t21-,25-/m0/s1. The molecule has 0 radical (unpaired) electrons. The third kappa shape index (κ3) is 3.67. The molecule has 3 heterocycles. The lowest BCUT2D eigenvalue weighted by Crippen LogP contribution is -2.53. The van der Waals surface area contributed by atoms with Crippen LogP contribution in [0.2, 0.25) is 0 Å². The number of rotatable bonds is 6. The average Bonchev–Trinajstić information content (AvgIpc) is 3.36. The molecule has 2 fully saturated rings. The summed E-state index contributed by atoms with van der Waals surface area (Å²) in [5.41, 5.74) is 2.03. The average molecular weight is 452 g/mol. The van der Waals surface area contributed by atoms with Crippen LogP contribution in [0.5, 0.6) is 5.75 Å². The van der Waals surface area contributed by atoms with Gasteiger partial charge in [-0.25, -0.2) is 0 Å². The van der Waals surface area contributed by atoms with Crippen LogP contribution in [0.25, 0.3) is 0 Å². The van der Waals surface area contributed by atoms with E-state index in [4.69, 9.17) is 4.74 Å². The molecule has 2 aromatic carbocycles. The fourth-order valence-corrected chi connectivity index (χ4v) is 6.57. The molecule has 168 valence electrons. The van der Waals surface area contributed by atoms with Crippen LogP contribution in [0.4, 0.5) is 5.69 Å². The summed E-state index contributed by atoms with van der Waals surface area (Å²) in [6.45, 7) is 2.58. The molecule has 6 nitrogen and oxygen atoms in total. The van der Waals surface area contributed by atoms with E-state index in [1.807, 2.05) is 36.4 Å². The van der Waals surface area contributed by atoms with E-state index in [-0.39, 0.29) is 17.9 Å². The number of carbonyl (C=O) groups excluding carboxylic acids is 2. The van der Waals surface area contributed by atoms with Gasteiger partial charge in [0, 0.05) is 17.9 Å². The molecule has 32 heavy (non-hydrogen) atoms. The Morgan fingerprint density at radius 2 is 1.88 bits per heavy atom. The lowest BCUT2D eigenvalue weighted by molar-refractivity contribution is -0.125. The number of fused-ring (bicyclic) bond motifs is 3. The van der Waals surface area contributed by atoms with Gasteiger partial charge in [-0.1, -0.05) is 42.4 Å². The van der Waals surface area contributed by atoms with E-state index < -0.39 is 4.87 Å². The van der Waals surface area contributed by atoms with Crippen molar-refractivity contribution in [3.63, 3.8) is 0 Å². The van der Waals surface area contributed by atoms with Crippen molar-refractivity contribution in [1.82, 2.24) is 10.2 Å². The summed E-state index contributed by atoms with van der Waals surface area (Å²) < 4.78 is 5.32. The van der Waals surface area contributed by atoms with Crippen LogP contribution < -0.4 is 15.0 Å². The number of amides is 2. The van der Waals surface area contributed by atoms with E-state index in [2.05, 4.69) is 22.3 Å². The molecule has 0 unspecified atom stereocenters. The molecule has 2 saturated heterocycles. The van der Waals surface area contributed by atoms with Gasteiger partial charge in [-0.05, 0) is 62.2 Å². The number of nitrogens with zero attached hydrogens (tertiary/aromatic N) is 2. The summed E-state index contributed by atoms with van der Waals surface area (Å²) in [4.78, 5) is 30.7. The fourth-order valence-electron chi connectivity index (χ4n) is 5.14. The number of thioether (sulfide) groups is 1. The SMILES string of the molecule is COc1ccc([C@H](CNC(=O)[C@@]23CCC(=O)N2c2ccccc2S3)N2CCCCC2)cc1. The number of nitrogens with one attached hydrogen (secondary N) is 1. The summed E-state index contributed by atoms with van der Waals surface area (Å²) in [6, 6.07) is 16.1. The fraction of sp³-hybridized carbons (Fsp3) is 0.440. The van der Waals surface area contributed by atoms with Gasteiger partial charge in [0.1, 0.15) is 5.75 Å². The molecular formula is C25H29N3O3S. The molecule has 0 saturated carbocycles. The van der Waals surface area contributed by atoms with Crippen molar-refractivity contribution in [1.29, 1.82) is 0 Å². The Labute approximate surface area is 193 Å². The monoisotopic (exact) mass is 451 g/mol. The van der Waals surface area contributed by atoms with Gasteiger partial charge >= 0.3 is 0 Å². The van der Waals surface area contributed by atoms with Gasteiger partial charge in [0.2, 0.25) is 5.91 Å². The summed E-state index contributed by atoms with van der Waals surface area (Å²) in [6.07, 6.45) is 4.56. The van der Waals surface area contributed by atoms with Crippen LogP contribution in [0.1, 0.15) is 43.7 Å². The van der Waals surface area contributed by atoms with Gasteiger partial charge in [-0.15, -0.1) is 0 Å². The first-order valence-corrected chi connectivity index (χ1v) is 12.2. The minimum atomic E-state index is -0.868. The van der Waals surface area contributed by atoms with Gasteiger partial charge in [-0.3, -0.25) is 19.4 Å². The zero-order chi connectivity index (χ0) is 22.1. The number of piperidine rings is 1. The quantitative estimate of drug-likeness (QED) is 0.720. The van der Waals surface area contributed by atoms with Gasteiger partial charge in [0.05, 0.1) is 18.8 Å². The number of benzene rings is 2. The topological polar surface area (TPSA) is 61.9 Å². The molecule has 1 N–H and O–H groups in total. The van der Waals surface area contributed by atoms with Gasteiger partial charge in [0.25, 0.3) is 5.91 Å². The number of likely N-dealkylation sites (tertiary alicyclic amines) is 1. The van der Waals surface area contributed by atoms with Gasteiger partial charge in [-0.2, -0.15) is 0 Å². The Morgan fingerprint density at radius 3 is 2.62 bits per heavy atom. The smallest absolute Gasteiger partial charge is 0.257 e. The zero-order valence-electron chi connectivity index (χ0n) is 18.4. The normalized spacial score (nSPS) is 23.5. The number of anilines is 1. The maximum atomic E-state index is 13.6. The molecule has 0 spiro atoms. The minimum absolute atomic E-state index is 0.0281. The van der Waals surface area contributed by atoms with E-state index >= 15 is 0 Å². The van der Waals surface area contributed by atoms with E-state index in [0.717, 1.165) is 29.4 Å². The summed E-state index contributed by atoms with van der Waals surface area (Å²) in [5, 5.41) is 3.24. The highest BCUT2D eigenvalue weighted by Crippen LogP contribution is 2.55.